The quantitative estimate of drug-likeness (QED) is 0.790. The summed E-state index contributed by atoms with van der Waals surface area (Å²) in [7, 11) is 1.59. The fourth-order valence-corrected chi connectivity index (χ4v) is 2.61. The second-order valence-electron chi connectivity index (χ2n) is 4.99. The summed E-state index contributed by atoms with van der Waals surface area (Å²) in [4.78, 5) is 11.4. The van der Waals surface area contributed by atoms with Gasteiger partial charge in [-0.1, -0.05) is 23.7 Å². The van der Waals surface area contributed by atoms with Crippen LogP contribution in [0.25, 0.3) is 10.9 Å². The highest BCUT2D eigenvalue weighted by Gasteiger charge is 2.15. The van der Waals surface area contributed by atoms with Gasteiger partial charge in [0.25, 0.3) is 0 Å². The molecule has 1 heterocycles. The number of aromatic nitrogens is 1. The zero-order chi connectivity index (χ0) is 15.7. The Morgan fingerprint density at radius 1 is 1.23 bits per heavy atom. The molecule has 0 saturated heterocycles. The first kappa shape index (κ1) is 14.5. The van der Waals surface area contributed by atoms with Gasteiger partial charge >= 0.3 is 5.97 Å². The summed E-state index contributed by atoms with van der Waals surface area (Å²) in [5.74, 6) is -0.245. The predicted molar refractivity (Wildman–Crippen MR) is 86.0 cm³/mol. The van der Waals surface area contributed by atoms with E-state index in [-0.39, 0.29) is 5.56 Å². The van der Waals surface area contributed by atoms with E-state index >= 15 is 0 Å². The van der Waals surface area contributed by atoms with E-state index in [1.54, 1.807) is 25.4 Å². The maximum atomic E-state index is 11.4. The monoisotopic (exact) mass is 315 g/mol. The van der Waals surface area contributed by atoms with Gasteiger partial charge in [0, 0.05) is 29.2 Å². The average Bonchev–Trinajstić information content (AvgIpc) is 2.87. The molecule has 22 heavy (non-hydrogen) atoms. The molecule has 0 aliphatic heterocycles. The van der Waals surface area contributed by atoms with E-state index in [9.17, 15) is 9.90 Å². The Kier molecular flexibility index (Phi) is 3.77. The number of benzene rings is 2. The van der Waals surface area contributed by atoms with Crippen molar-refractivity contribution in [2.24, 2.45) is 0 Å². The van der Waals surface area contributed by atoms with E-state index in [4.69, 9.17) is 16.3 Å². The van der Waals surface area contributed by atoms with Gasteiger partial charge in [-0.15, -0.1) is 0 Å². The third-order valence-corrected chi connectivity index (χ3v) is 3.84. The van der Waals surface area contributed by atoms with E-state index in [2.05, 4.69) is 0 Å². The second kappa shape index (κ2) is 5.73. The van der Waals surface area contributed by atoms with Crippen molar-refractivity contribution in [2.45, 2.75) is 6.54 Å². The molecule has 112 valence electrons. The minimum atomic E-state index is -0.940. The molecule has 0 saturated carbocycles. The number of carbonyl (C=O) groups is 1. The highest BCUT2D eigenvalue weighted by Crippen LogP contribution is 2.27. The number of aromatic carboxylic acids is 1. The zero-order valence-corrected chi connectivity index (χ0v) is 12.7. The third kappa shape index (κ3) is 2.65. The summed E-state index contributed by atoms with van der Waals surface area (Å²) in [6, 6.07) is 12.9. The number of methoxy groups -OCH3 is 1. The molecule has 0 spiro atoms. The largest absolute Gasteiger partial charge is 0.497 e. The molecular formula is C17H14ClNO3. The predicted octanol–water partition coefficient (Wildman–Crippen LogP) is 4.05. The third-order valence-electron chi connectivity index (χ3n) is 3.59. The van der Waals surface area contributed by atoms with Crippen LogP contribution in [0.3, 0.4) is 0 Å². The first-order chi connectivity index (χ1) is 10.6. The van der Waals surface area contributed by atoms with Gasteiger partial charge in [0.2, 0.25) is 0 Å². The van der Waals surface area contributed by atoms with Gasteiger partial charge in [0.15, 0.2) is 0 Å². The molecule has 4 nitrogen and oxygen atoms in total. The summed E-state index contributed by atoms with van der Waals surface area (Å²) in [5, 5.41) is 10.7. The number of hydrogen-bond donors (Lipinski definition) is 1. The average molecular weight is 316 g/mol. The number of nitrogens with zero attached hydrogens (tertiary/aromatic N) is 1. The highest BCUT2D eigenvalue weighted by atomic mass is 35.5. The topological polar surface area (TPSA) is 51.5 Å². The Morgan fingerprint density at radius 2 is 1.95 bits per heavy atom. The Labute approximate surface area is 132 Å². The Balaban J connectivity index is 2.11. The number of carboxylic acids is 1. The van der Waals surface area contributed by atoms with Crippen LogP contribution in [-0.4, -0.2) is 22.8 Å². The SMILES string of the molecule is COc1ccc2c(C(=O)O)cn(Cc3ccc(Cl)cc3)c2c1. The molecule has 2 aromatic carbocycles. The molecule has 0 aliphatic carbocycles. The minimum Gasteiger partial charge on any atom is -0.497 e. The van der Waals surface area contributed by atoms with Crippen molar-refractivity contribution in [3.05, 3.63) is 64.8 Å². The van der Waals surface area contributed by atoms with Crippen LogP contribution in [0.2, 0.25) is 5.02 Å². The fraction of sp³-hybridized carbons (Fsp3) is 0.118. The lowest BCUT2D eigenvalue weighted by Gasteiger charge is -2.07. The normalized spacial score (nSPS) is 10.8. The maximum absolute atomic E-state index is 11.4. The molecule has 5 heteroatoms. The smallest absolute Gasteiger partial charge is 0.337 e. The molecule has 0 unspecified atom stereocenters. The van der Waals surface area contributed by atoms with E-state index in [0.717, 1.165) is 11.1 Å². The molecule has 0 fully saturated rings. The highest BCUT2D eigenvalue weighted by molar-refractivity contribution is 6.30. The molecule has 0 aliphatic rings. The number of fused-ring (bicyclic) bond motifs is 1. The van der Waals surface area contributed by atoms with Crippen LogP contribution in [0.5, 0.6) is 5.75 Å². The van der Waals surface area contributed by atoms with Crippen molar-refractivity contribution in [1.29, 1.82) is 0 Å². The lowest BCUT2D eigenvalue weighted by atomic mass is 10.1. The molecule has 3 aromatic rings. The zero-order valence-electron chi connectivity index (χ0n) is 11.9. The molecule has 3 rings (SSSR count). The lowest BCUT2D eigenvalue weighted by Crippen LogP contribution is -1.98. The summed E-state index contributed by atoms with van der Waals surface area (Å²) in [6.07, 6.45) is 1.65. The van der Waals surface area contributed by atoms with Crippen LogP contribution in [0, 0.1) is 0 Å². The Bertz CT molecular complexity index is 837. The van der Waals surface area contributed by atoms with Gasteiger partial charge in [-0.3, -0.25) is 0 Å². The number of rotatable bonds is 4. The lowest BCUT2D eigenvalue weighted by molar-refractivity contribution is 0.0699. The number of halogens is 1. The van der Waals surface area contributed by atoms with E-state index in [0.29, 0.717) is 22.7 Å². The van der Waals surface area contributed by atoms with Crippen LogP contribution in [0.4, 0.5) is 0 Å². The van der Waals surface area contributed by atoms with Crippen LogP contribution < -0.4 is 4.74 Å². The van der Waals surface area contributed by atoms with Crippen molar-refractivity contribution in [3.63, 3.8) is 0 Å². The first-order valence-electron chi connectivity index (χ1n) is 6.73. The van der Waals surface area contributed by atoms with Crippen molar-refractivity contribution in [3.8, 4) is 5.75 Å². The summed E-state index contributed by atoms with van der Waals surface area (Å²) < 4.78 is 7.14. The van der Waals surface area contributed by atoms with E-state index < -0.39 is 5.97 Å². The molecule has 1 N–H and O–H groups in total. The summed E-state index contributed by atoms with van der Waals surface area (Å²) in [5.41, 5.74) is 2.15. The van der Waals surface area contributed by atoms with Gasteiger partial charge in [-0.05, 0) is 29.8 Å². The molecular weight excluding hydrogens is 302 g/mol. The molecule has 0 radical (unpaired) electrons. The van der Waals surface area contributed by atoms with Crippen molar-refractivity contribution in [2.75, 3.05) is 7.11 Å². The second-order valence-corrected chi connectivity index (χ2v) is 5.42. The molecule has 0 atom stereocenters. The maximum Gasteiger partial charge on any atom is 0.337 e. The minimum absolute atomic E-state index is 0.284. The standard InChI is InChI=1S/C17H14ClNO3/c1-22-13-6-7-14-15(17(20)21)10-19(16(14)8-13)9-11-2-4-12(18)5-3-11/h2-8,10H,9H2,1H3,(H,20,21). The number of carboxylic acid groups (broad SMARTS) is 1. The van der Waals surface area contributed by atoms with Gasteiger partial charge in [-0.25, -0.2) is 4.79 Å². The fourth-order valence-electron chi connectivity index (χ4n) is 2.49. The van der Waals surface area contributed by atoms with Crippen molar-refractivity contribution >= 4 is 28.5 Å². The molecule has 1 aromatic heterocycles. The van der Waals surface area contributed by atoms with E-state index in [1.165, 1.54) is 0 Å². The Hall–Kier alpha value is -2.46. The summed E-state index contributed by atoms with van der Waals surface area (Å²) in [6.45, 7) is 0.564. The van der Waals surface area contributed by atoms with Crippen LogP contribution >= 0.6 is 11.6 Å². The first-order valence-corrected chi connectivity index (χ1v) is 7.11. The number of ether oxygens (including phenoxy) is 1. The van der Waals surface area contributed by atoms with Crippen LogP contribution in [-0.2, 0) is 6.54 Å². The van der Waals surface area contributed by atoms with E-state index in [1.807, 2.05) is 34.9 Å². The van der Waals surface area contributed by atoms with Gasteiger partial charge in [0.1, 0.15) is 5.75 Å². The van der Waals surface area contributed by atoms with Crippen molar-refractivity contribution in [1.82, 2.24) is 4.57 Å². The van der Waals surface area contributed by atoms with Crippen LogP contribution in [0.1, 0.15) is 15.9 Å². The molecule has 0 amide bonds. The molecule has 0 bridgehead atoms. The van der Waals surface area contributed by atoms with Gasteiger partial charge in [0.05, 0.1) is 18.2 Å². The van der Waals surface area contributed by atoms with Crippen molar-refractivity contribution < 1.29 is 14.6 Å². The Morgan fingerprint density at radius 3 is 2.59 bits per heavy atom. The van der Waals surface area contributed by atoms with Gasteiger partial charge < -0.3 is 14.4 Å². The van der Waals surface area contributed by atoms with Gasteiger partial charge in [-0.2, -0.15) is 0 Å². The number of hydrogen-bond acceptors (Lipinski definition) is 2. The summed E-state index contributed by atoms with van der Waals surface area (Å²) >= 11 is 5.89. The van der Waals surface area contributed by atoms with Crippen LogP contribution in [0.15, 0.2) is 48.7 Å².